The Balaban J connectivity index is 1.88. The average molecular weight is 177 g/mol. The quantitative estimate of drug-likeness (QED) is 0.691. The molecular formula is C10H15N3. The van der Waals surface area contributed by atoms with E-state index in [1.165, 1.54) is 18.4 Å². The van der Waals surface area contributed by atoms with E-state index in [1.54, 1.807) is 0 Å². The van der Waals surface area contributed by atoms with E-state index in [9.17, 15) is 0 Å². The van der Waals surface area contributed by atoms with E-state index >= 15 is 0 Å². The van der Waals surface area contributed by atoms with Gasteiger partial charge in [0, 0.05) is 0 Å². The topological polar surface area (TPSA) is 27.6 Å². The SMILES string of the molecule is CC1N=CN(CC2=CC=CCC2)N1. The van der Waals surface area contributed by atoms with Gasteiger partial charge in [0.2, 0.25) is 0 Å². The second-order valence-corrected chi connectivity index (χ2v) is 3.49. The lowest BCUT2D eigenvalue weighted by Crippen LogP contribution is -2.36. The third kappa shape index (κ3) is 2.18. The summed E-state index contributed by atoms with van der Waals surface area (Å²) in [6.45, 7) is 3.00. The van der Waals surface area contributed by atoms with Gasteiger partial charge < -0.3 is 0 Å². The Morgan fingerprint density at radius 3 is 3.23 bits per heavy atom. The zero-order valence-corrected chi connectivity index (χ0v) is 7.90. The van der Waals surface area contributed by atoms with Crippen molar-refractivity contribution >= 4 is 6.34 Å². The molecular weight excluding hydrogens is 162 g/mol. The van der Waals surface area contributed by atoms with Crippen molar-refractivity contribution in [3.05, 3.63) is 23.8 Å². The summed E-state index contributed by atoms with van der Waals surface area (Å²) >= 11 is 0. The van der Waals surface area contributed by atoms with Gasteiger partial charge >= 0.3 is 0 Å². The van der Waals surface area contributed by atoms with Gasteiger partial charge in [-0.05, 0) is 25.3 Å². The van der Waals surface area contributed by atoms with Crippen molar-refractivity contribution in [2.75, 3.05) is 6.54 Å². The second kappa shape index (κ2) is 3.75. The van der Waals surface area contributed by atoms with Crippen LogP contribution < -0.4 is 5.43 Å². The number of nitrogens with zero attached hydrogens (tertiary/aromatic N) is 2. The molecule has 3 heteroatoms. The van der Waals surface area contributed by atoms with Crippen molar-refractivity contribution in [1.29, 1.82) is 0 Å². The third-order valence-electron chi connectivity index (χ3n) is 2.26. The maximum absolute atomic E-state index is 4.23. The normalized spacial score (nSPS) is 26.7. The van der Waals surface area contributed by atoms with Gasteiger partial charge in [0.25, 0.3) is 0 Å². The smallest absolute Gasteiger partial charge is 0.115 e. The third-order valence-corrected chi connectivity index (χ3v) is 2.26. The van der Waals surface area contributed by atoms with Gasteiger partial charge in [0.1, 0.15) is 12.5 Å². The fourth-order valence-electron chi connectivity index (χ4n) is 1.58. The van der Waals surface area contributed by atoms with Gasteiger partial charge in [-0.15, -0.1) is 0 Å². The highest BCUT2D eigenvalue weighted by Crippen LogP contribution is 2.12. The predicted octanol–water partition coefficient (Wildman–Crippen LogP) is 1.46. The monoisotopic (exact) mass is 177 g/mol. The van der Waals surface area contributed by atoms with Gasteiger partial charge in [0.05, 0.1) is 6.54 Å². The number of hydrogen-bond acceptors (Lipinski definition) is 3. The fourth-order valence-corrected chi connectivity index (χ4v) is 1.58. The molecule has 1 aliphatic heterocycles. The van der Waals surface area contributed by atoms with Crippen LogP contribution in [-0.2, 0) is 0 Å². The number of hydrogen-bond donors (Lipinski definition) is 1. The molecule has 0 aromatic rings. The van der Waals surface area contributed by atoms with Crippen molar-refractivity contribution in [1.82, 2.24) is 10.4 Å². The largest absolute Gasteiger partial charge is 0.292 e. The maximum atomic E-state index is 4.23. The van der Waals surface area contributed by atoms with E-state index in [0.717, 1.165) is 6.54 Å². The van der Waals surface area contributed by atoms with Crippen molar-refractivity contribution < 1.29 is 0 Å². The molecule has 0 radical (unpaired) electrons. The molecule has 2 rings (SSSR count). The first-order valence-electron chi connectivity index (χ1n) is 4.75. The number of allylic oxidation sites excluding steroid dienone is 3. The lowest BCUT2D eigenvalue weighted by Gasteiger charge is -2.18. The van der Waals surface area contributed by atoms with Crippen LogP contribution in [0.1, 0.15) is 19.8 Å². The van der Waals surface area contributed by atoms with E-state index in [4.69, 9.17) is 0 Å². The van der Waals surface area contributed by atoms with Gasteiger partial charge in [0.15, 0.2) is 0 Å². The number of hydrazine groups is 1. The fraction of sp³-hybridized carbons (Fsp3) is 0.500. The molecule has 0 saturated carbocycles. The zero-order valence-electron chi connectivity index (χ0n) is 7.90. The number of aliphatic imine (C=N–C) groups is 1. The first-order valence-corrected chi connectivity index (χ1v) is 4.75. The van der Waals surface area contributed by atoms with E-state index in [2.05, 4.69) is 33.7 Å². The summed E-state index contributed by atoms with van der Waals surface area (Å²) in [5.41, 5.74) is 4.72. The molecule has 2 aliphatic rings. The zero-order chi connectivity index (χ0) is 9.10. The molecule has 0 aromatic heterocycles. The summed E-state index contributed by atoms with van der Waals surface area (Å²) < 4.78 is 0. The van der Waals surface area contributed by atoms with E-state index < -0.39 is 0 Å². The van der Waals surface area contributed by atoms with Crippen LogP contribution in [0.3, 0.4) is 0 Å². The lowest BCUT2D eigenvalue weighted by molar-refractivity contribution is 0.330. The molecule has 13 heavy (non-hydrogen) atoms. The summed E-state index contributed by atoms with van der Waals surface area (Å²) in [6.07, 6.45) is 11.0. The van der Waals surface area contributed by atoms with Crippen LogP contribution in [0.2, 0.25) is 0 Å². The van der Waals surface area contributed by atoms with Crippen molar-refractivity contribution in [2.45, 2.75) is 25.9 Å². The van der Waals surface area contributed by atoms with E-state index in [-0.39, 0.29) is 6.17 Å². The molecule has 1 heterocycles. The number of rotatable bonds is 2. The molecule has 0 bridgehead atoms. The minimum Gasteiger partial charge on any atom is -0.292 e. The van der Waals surface area contributed by atoms with Crippen molar-refractivity contribution in [2.24, 2.45) is 4.99 Å². The van der Waals surface area contributed by atoms with Crippen LogP contribution in [0.4, 0.5) is 0 Å². The minimum atomic E-state index is 0.236. The highest BCUT2D eigenvalue weighted by Gasteiger charge is 2.12. The minimum absolute atomic E-state index is 0.236. The van der Waals surface area contributed by atoms with Crippen LogP contribution in [0.25, 0.3) is 0 Å². The van der Waals surface area contributed by atoms with Gasteiger partial charge in [-0.25, -0.2) is 5.43 Å². The molecule has 0 saturated heterocycles. The molecule has 70 valence electrons. The summed E-state index contributed by atoms with van der Waals surface area (Å²) in [5.74, 6) is 0. The Kier molecular flexibility index (Phi) is 2.45. The van der Waals surface area contributed by atoms with E-state index in [0.29, 0.717) is 0 Å². The van der Waals surface area contributed by atoms with Crippen LogP contribution in [0, 0.1) is 0 Å². The molecule has 0 amide bonds. The lowest BCUT2D eigenvalue weighted by atomic mass is 10.1. The maximum Gasteiger partial charge on any atom is 0.115 e. The van der Waals surface area contributed by atoms with Crippen LogP contribution >= 0.6 is 0 Å². The van der Waals surface area contributed by atoms with Gasteiger partial charge in [-0.1, -0.05) is 18.2 Å². The van der Waals surface area contributed by atoms with Crippen molar-refractivity contribution in [3.63, 3.8) is 0 Å². The highest BCUT2D eigenvalue weighted by atomic mass is 15.6. The molecule has 0 aromatic carbocycles. The highest BCUT2D eigenvalue weighted by molar-refractivity contribution is 5.57. The first-order chi connectivity index (χ1) is 6.34. The van der Waals surface area contributed by atoms with Crippen LogP contribution in [0.5, 0.6) is 0 Å². The summed E-state index contributed by atoms with van der Waals surface area (Å²) in [7, 11) is 0. The standard InChI is InChI=1S/C10H15N3/c1-9-11-8-13(12-9)7-10-5-3-2-4-6-10/h2-3,5,8-9,12H,4,6-7H2,1H3. The summed E-state index contributed by atoms with van der Waals surface area (Å²) in [4.78, 5) is 4.23. The number of nitrogens with one attached hydrogen (secondary N) is 1. The van der Waals surface area contributed by atoms with Gasteiger partial charge in [-0.3, -0.25) is 10.0 Å². The Morgan fingerprint density at radius 2 is 2.62 bits per heavy atom. The second-order valence-electron chi connectivity index (χ2n) is 3.49. The van der Waals surface area contributed by atoms with Gasteiger partial charge in [-0.2, -0.15) is 0 Å². The Bertz CT molecular complexity index is 265. The van der Waals surface area contributed by atoms with Crippen molar-refractivity contribution in [3.8, 4) is 0 Å². The van der Waals surface area contributed by atoms with Crippen LogP contribution in [0.15, 0.2) is 28.8 Å². The van der Waals surface area contributed by atoms with Crippen LogP contribution in [-0.4, -0.2) is 24.1 Å². The molecule has 0 fully saturated rings. The predicted molar refractivity (Wildman–Crippen MR) is 54.3 cm³/mol. The summed E-state index contributed by atoms with van der Waals surface area (Å²) in [6, 6.07) is 0. The molecule has 1 N–H and O–H groups in total. The molecule has 1 aliphatic carbocycles. The molecule has 1 atom stereocenters. The summed E-state index contributed by atoms with van der Waals surface area (Å²) in [5, 5.41) is 2.05. The average Bonchev–Trinajstić information content (AvgIpc) is 2.53. The Hall–Kier alpha value is -1.09. The van der Waals surface area contributed by atoms with E-state index in [1.807, 2.05) is 13.3 Å². The first kappa shape index (κ1) is 8.51. The molecule has 3 nitrogen and oxygen atoms in total. The molecule has 1 unspecified atom stereocenters. The Morgan fingerprint density at radius 1 is 1.69 bits per heavy atom. The Labute approximate surface area is 78.8 Å². The molecule has 0 spiro atoms.